The van der Waals surface area contributed by atoms with Gasteiger partial charge in [-0.15, -0.1) is 17.8 Å². The molecule has 4 fully saturated rings. The maximum Gasteiger partial charge on any atom is 0.410 e. The van der Waals surface area contributed by atoms with Crippen LogP contribution in [0, 0.1) is 42.2 Å². The van der Waals surface area contributed by atoms with Gasteiger partial charge in [-0.25, -0.2) is 18.6 Å². The van der Waals surface area contributed by atoms with E-state index in [0.717, 1.165) is 47.4 Å². The molecule has 3 amide bonds. The van der Waals surface area contributed by atoms with Crippen molar-refractivity contribution in [1.82, 2.24) is 45.1 Å². The second-order valence-electron chi connectivity index (χ2n) is 24.9. The van der Waals surface area contributed by atoms with Gasteiger partial charge in [0.2, 0.25) is 11.8 Å². The van der Waals surface area contributed by atoms with E-state index in [-0.39, 0.29) is 112 Å². The summed E-state index contributed by atoms with van der Waals surface area (Å²) in [6, 6.07) is 13.3. The number of piperidine rings is 1. The Kier molecular flexibility index (Phi) is 16.7. The van der Waals surface area contributed by atoms with Crippen LogP contribution in [-0.4, -0.2) is 150 Å². The molecule has 0 saturated carbocycles. The number of halogens is 2. The second-order valence-corrected chi connectivity index (χ2v) is 25.8. The van der Waals surface area contributed by atoms with Gasteiger partial charge >= 0.3 is 12.1 Å². The molecule has 8 heterocycles. The van der Waals surface area contributed by atoms with E-state index in [1.54, 1.807) is 22.3 Å². The van der Waals surface area contributed by atoms with Crippen LogP contribution in [0.25, 0.3) is 43.4 Å². The number of aliphatic hydroxyl groups is 1. The summed E-state index contributed by atoms with van der Waals surface area (Å²) in [6.07, 6.45) is 9.13. The summed E-state index contributed by atoms with van der Waals surface area (Å²) in [5.41, 5.74) is 3.49. The van der Waals surface area contributed by atoms with Crippen LogP contribution in [0.5, 0.6) is 17.6 Å². The zero-order valence-corrected chi connectivity index (χ0v) is 50.4. The molecule has 0 spiro atoms. The number of thiazole rings is 1. The van der Waals surface area contributed by atoms with Crippen LogP contribution in [-0.2, 0) is 14.3 Å². The molecule has 11 rings (SSSR count). The molecule has 4 unspecified atom stereocenters. The maximum atomic E-state index is 17.4. The number of carbonyl (C=O) groups is 3. The number of rotatable bonds is 16. The number of piperazine rings is 1. The van der Waals surface area contributed by atoms with Gasteiger partial charge in [0.25, 0.3) is 5.88 Å². The molecule has 86 heavy (non-hydrogen) atoms. The fourth-order valence-electron chi connectivity index (χ4n) is 12.5. The highest BCUT2D eigenvalue weighted by atomic mass is 32.1. The number of anilines is 1. The first-order valence-corrected chi connectivity index (χ1v) is 30.2. The average Bonchev–Trinajstić information content (AvgIpc) is 0.982. The van der Waals surface area contributed by atoms with E-state index in [4.69, 9.17) is 30.1 Å². The summed E-state index contributed by atoms with van der Waals surface area (Å²) in [5.74, 6) is -0.135. The molecular weight excluding hydrogens is 1120 g/mol. The highest BCUT2D eigenvalue weighted by Crippen LogP contribution is 2.42. The largest absolute Gasteiger partial charge is 0.508 e. The van der Waals surface area contributed by atoms with Gasteiger partial charge in [-0.1, -0.05) is 57.0 Å². The number of aliphatic hydroxyl groups excluding tert-OH is 1. The Morgan fingerprint density at radius 2 is 1.71 bits per heavy atom. The quantitative estimate of drug-likeness (QED) is 0.0766. The third kappa shape index (κ3) is 12.2. The van der Waals surface area contributed by atoms with Crippen molar-refractivity contribution in [3.63, 3.8) is 0 Å². The van der Waals surface area contributed by atoms with Gasteiger partial charge in [-0.05, 0) is 119 Å². The monoisotopic (exact) mass is 1190 g/mol. The van der Waals surface area contributed by atoms with Crippen molar-refractivity contribution < 1.29 is 52.1 Å². The summed E-state index contributed by atoms with van der Waals surface area (Å²) in [5, 5.41) is 29.8. The molecule has 0 radical (unpaired) electrons. The Bertz CT molecular complexity index is 3730. The summed E-state index contributed by atoms with van der Waals surface area (Å²) in [4.78, 5) is 68.8. The van der Waals surface area contributed by atoms with Crippen molar-refractivity contribution in [3.05, 3.63) is 101 Å². The molecule has 4 aromatic heterocycles. The fraction of sp³-hybridized carbons (Fsp3) is 0.469. The van der Waals surface area contributed by atoms with E-state index in [2.05, 4.69) is 43.2 Å². The van der Waals surface area contributed by atoms with Crippen molar-refractivity contribution in [3.8, 4) is 51.7 Å². The van der Waals surface area contributed by atoms with Crippen LogP contribution >= 0.6 is 11.3 Å². The van der Waals surface area contributed by atoms with Crippen LogP contribution in [0.2, 0.25) is 0 Å². The molecule has 452 valence electrons. The third-order valence-corrected chi connectivity index (χ3v) is 18.1. The van der Waals surface area contributed by atoms with E-state index in [1.165, 1.54) is 35.4 Å². The lowest BCUT2D eigenvalue weighted by Crippen LogP contribution is -2.57. The topological polar surface area (TPSA) is 222 Å². The molecule has 2 bridgehead atoms. The van der Waals surface area contributed by atoms with Crippen molar-refractivity contribution in [2.75, 3.05) is 57.4 Å². The second kappa shape index (κ2) is 24.0. The van der Waals surface area contributed by atoms with Gasteiger partial charge in [0, 0.05) is 61.2 Å². The number of nitrogens with zero attached hydrogens (tertiary/aromatic N) is 9. The molecule has 22 heteroatoms. The van der Waals surface area contributed by atoms with Crippen molar-refractivity contribution >= 4 is 56.7 Å². The first-order chi connectivity index (χ1) is 41.0. The van der Waals surface area contributed by atoms with Gasteiger partial charge in [-0.2, -0.15) is 9.97 Å². The number of aromatic nitrogens is 5. The smallest absolute Gasteiger partial charge is 0.410 e. The first kappa shape index (κ1) is 59.7. The van der Waals surface area contributed by atoms with Crippen LogP contribution in [0.4, 0.5) is 19.4 Å². The van der Waals surface area contributed by atoms with Crippen LogP contribution in [0.1, 0.15) is 115 Å². The number of nitrogens with one attached hydrogen (secondary N) is 1. The Balaban J connectivity index is 0.735. The molecule has 0 aliphatic carbocycles. The number of carbonyl (C=O) groups excluding carboxylic acids is 3. The minimum absolute atomic E-state index is 0.00615. The lowest BCUT2D eigenvalue weighted by atomic mass is 9.81. The van der Waals surface area contributed by atoms with Gasteiger partial charge in [0.05, 0.1) is 57.9 Å². The van der Waals surface area contributed by atoms with E-state index >= 15 is 8.78 Å². The summed E-state index contributed by atoms with van der Waals surface area (Å²) >= 11 is 1.57. The molecule has 4 aliphatic rings. The predicted octanol–water partition coefficient (Wildman–Crippen LogP) is 9.96. The Labute approximate surface area is 502 Å². The SMILES string of the molecule is C#Cc1c(F)ccc2cc(O)cc(-c3ncc4c(N5CC6CCC(C5)N6C(=O)OC(C)(C)C)nc(OCCN5CCC(C)(COc6cc(C(C(=O)N7C[C@H](O)C[C@H]7C(=O)NC(C)c7ccc(-c8scnc8C)cc7)C(C)C)on6)CC5)nc4c3F)c12. The molecule has 6 atom stereocenters. The number of amides is 3. The highest BCUT2D eigenvalue weighted by molar-refractivity contribution is 7.13. The Morgan fingerprint density at radius 1 is 0.977 bits per heavy atom. The summed E-state index contributed by atoms with van der Waals surface area (Å²) in [6.45, 7) is 18.5. The number of aromatic hydroxyl groups is 1. The fourth-order valence-corrected chi connectivity index (χ4v) is 13.3. The average molecular weight is 1200 g/mol. The number of fused-ring (bicyclic) bond motifs is 4. The zero-order valence-electron chi connectivity index (χ0n) is 49.6. The molecule has 3 N–H and O–H groups in total. The van der Waals surface area contributed by atoms with E-state index in [0.29, 0.717) is 61.7 Å². The van der Waals surface area contributed by atoms with Gasteiger partial charge in [0.1, 0.15) is 52.8 Å². The Morgan fingerprint density at radius 3 is 2.38 bits per heavy atom. The van der Waals surface area contributed by atoms with Crippen molar-refractivity contribution in [2.24, 2.45) is 11.3 Å². The van der Waals surface area contributed by atoms with E-state index in [9.17, 15) is 24.6 Å². The number of hydrogen-bond donors (Lipinski definition) is 3. The lowest BCUT2D eigenvalue weighted by molar-refractivity contribution is -0.141. The number of pyridine rings is 1. The molecule has 4 aliphatic heterocycles. The molecule has 4 saturated heterocycles. The number of ether oxygens (including phenoxy) is 3. The van der Waals surface area contributed by atoms with Gasteiger partial charge < -0.3 is 44.1 Å². The normalized spacial score (nSPS) is 20.3. The minimum atomic E-state index is -0.882. The highest BCUT2D eigenvalue weighted by Gasteiger charge is 2.46. The van der Waals surface area contributed by atoms with Gasteiger partial charge in [0.15, 0.2) is 11.6 Å². The predicted molar refractivity (Wildman–Crippen MR) is 321 cm³/mol. The maximum absolute atomic E-state index is 17.4. The van der Waals surface area contributed by atoms with Crippen molar-refractivity contribution in [2.45, 2.75) is 129 Å². The number of benzene rings is 3. The lowest BCUT2D eigenvalue weighted by Gasteiger charge is -2.42. The minimum Gasteiger partial charge on any atom is -0.508 e. The number of aryl methyl sites for hydroxylation is 1. The molecule has 3 aromatic carbocycles. The van der Waals surface area contributed by atoms with Crippen LogP contribution < -0.4 is 19.7 Å². The van der Waals surface area contributed by atoms with E-state index < -0.39 is 35.3 Å². The van der Waals surface area contributed by atoms with E-state index in [1.807, 2.05) is 83.1 Å². The number of likely N-dealkylation sites (tertiary alicyclic amines) is 2. The molecule has 7 aromatic rings. The third-order valence-electron chi connectivity index (χ3n) is 17.1. The van der Waals surface area contributed by atoms with Gasteiger partial charge in [-0.3, -0.25) is 24.4 Å². The first-order valence-electron chi connectivity index (χ1n) is 29.3. The standard InChI is InChI=1S/C64H72F2N10O9S/c1-10-45-48(65)18-15-40-25-43(77)26-46(53(40)45)55-54(66)56-47(29-67-55)58(74-30-41-16-17-42(31-74)76(41)62(81)84-63(6,7)8)71-61(70-56)82-24-23-73-21-19-64(9,20-22-73)33-83-51-28-50(85-72-51)52(35(2)3)60(80)75-32-44(78)27-49(75)59(79)69-36(4)38-11-13-39(14-12-38)57-37(5)68-34-86-57/h1,11-15,18,25-26,28-29,34-36,41-42,44,49,52,77-78H,16-17,19-24,27,30-33H2,2-9H3,(H,69,79)/t36?,41?,42?,44-,49+,52?/m1/s1. The van der Waals surface area contributed by atoms with Crippen LogP contribution in [0.15, 0.2) is 70.8 Å². The van der Waals surface area contributed by atoms with Crippen molar-refractivity contribution in [1.29, 1.82) is 0 Å². The summed E-state index contributed by atoms with van der Waals surface area (Å²) < 4.78 is 56.7. The summed E-state index contributed by atoms with van der Waals surface area (Å²) in [7, 11) is 0. The number of terminal acetylenes is 1. The number of phenols is 1. The Hall–Kier alpha value is -8.00. The molecule has 19 nitrogen and oxygen atoms in total. The zero-order chi connectivity index (χ0) is 60.9. The number of phenolic OH excluding ortho intramolecular Hbond substituents is 1. The van der Waals surface area contributed by atoms with Crippen LogP contribution in [0.3, 0.4) is 0 Å². The number of hydrogen-bond acceptors (Lipinski definition) is 17. The number of β-amino-alcohol motifs (C(OH)–C–C–N with tert-alkyl or cyclic N) is 1. The molecular formula is C64H72F2N10O9S.